The van der Waals surface area contributed by atoms with Crippen molar-refractivity contribution in [3.05, 3.63) is 0 Å². The van der Waals surface area contributed by atoms with Gasteiger partial charge in [-0.2, -0.15) is 0 Å². The molecule has 2 aliphatic heterocycles. The maximum atomic E-state index is 12.3. The highest BCUT2D eigenvalue weighted by Gasteiger charge is 2.37. The van der Waals surface area contributed by atoms with Crippen molar-refractivity contribution in [2.75, 3.05) is 19.6 Å². The Morgan fingerprint density at radius 3 is 2.56 bits per heavy atom. The van der Waals surface area contributed by atoms with Gasteiger partial charge in [0.05, 0.1) is 5.54 Å². The van der Waals surface area contributed by atoms with E-state index in [0.29, 0.717) is 12.1 Å². The molecule has 1 amide bonds. The third kappa shape index (κ3) is 3.04. The van der Waals surface area contributed by atoms with Gasteiger partial charge in [0.2, 0.25) is 5.91 Å². The maximum absolute atomic E-state index is 12.3. The fourth-order valence-corrected chi connectivity index (χ4v) is 2.99. The molecule has 2 N–H and O–H groups in total. The second-order valence-electron chi connectivity index (χ2n) is 6.24. The molecule has 0 saturated carbocycles. The minimum absolute atomic E-state index is 0.197. The number of amides is 1. The molecule has 4 heteroatoms. The van der Waals surface area contributed by atoms with Gasteiger partial charge in [-0.25, -0.2) is 0 Å². The van der Waals surface area contributed by atoms with Gasteiger partial charge in [0.15, 0.2) is 0 Å². The third-order valence-corrected chi connectivity index (χ3v) is 4.46. The summed E-state index contributed by atoms with van der Waals surface area (Å²) in [6, 6.07) is 0.988. The lowest BCUT2D eigenvalue weighted by molar-refractivity contribution is -0.127. The summed E-state index contributed by atoms with van der Waals surface area (Å²) >= 11 is 0. The predicted octanol–water partition coefficient (Wildman–Crippen LogP) is 1.12. The lowest BCUT2D eigenvalue weighted by Gasteiger charge is -2.36. The Labute approximate surface area is 110 Å². The summed E-state index contributed by atoms with van der Waals surface area (Å²) in [6.45, 7) is 9.68. The van der Waals surface area contributed by atoms with E-state index in [2.05, 4.69) is 29.4 Å². The minimum Gasteiger partial charge on any atom is -0.352 e. The molecule has 1 atom stereocenters. The Bertz CT molecular complexity index is 289. The molecule has 0 aliphatic carbocycles. The minimum atomic E-state index is -0.324. The predicted molar refractivity (Wildman–Crippen MR) is 73.5 cm³/mol. The molecule has 2 heterocycles. The van der Waals surface area contributed by atoms with E-state index in [1.54, 1.807) is 0 Å². The zero-order valence-electron chi connectivity index (χ0n) is 12.0. The molecule has 0 aromatic carbocycles. The first kappa shape index (κ1) is 13.8. The highest BCUT2D eigenvalue weighted by molar-refractivity contribution is 5.86. The molecule has 2 fully saturated rings. The molecule has 0 radical (unpaired) electrons. The molecule has 0 bridgehead atoms. The average Bonchev–Trinajstić information content (AvgIpc) is 2.78. The van der Waals surface area contributed by atoms with Gasteiger partial charge in [-0.1, -0.05) is 0 Å². The van der Waals surface area contributed by atoms with Crippen LogP contribution in [0.1, 0.15) is 46.5 Å². The fourth-order valence-electron chi connectivity index (χ4n) is 2.99. The smallest absolute Gasteiger partial charge is 0.240 e. The van der Waals surface area contributed by atoms with Gasteiger partial charge in [0.1, 0.15) is 0 Å². The molecular formula is C14H27N3O. The molecule has 2 rings (SSSR count). The highest BCUT2D eigenvalue weighted by atomic mass is 16.2. The van der Waals surface area contributed by atoms with Crippen LogP contribution in [0.2, 0.25) is 0 Å². The number of nitrogens with zero attached hydrogens (tertiary/aromatic N) is 1. The maximum Gasteiger partial charge on any atom is 0.240 e. The zero-order chi connectivity index (χ0) is 13.2. The van der Waals surface area contributed by atoms with Crippen LogP contribution in [-0.2, 0) is 4.79 Å². The monoisotopic (exact) mass is 253 g/mol. The van der Waals surface area contributed by atoms with Gasteiger partial charge >= 0.3 is 0 Å². The lowest BCUT2D eigenvalue weighted by atomic mass is 9.97. The summed E-state index contributed by atoms with van der Waals surface area (Å²) < 4.78 is 0. The molecule has 2 saturated heterocycles. The topological polar surface area (TPSA) is 44.4 Å². The van der Waals surface area contributed by atoms with Gasteiger partial charge in [-0.3, -0.25) is 4.79 Å². The van der Waals surface area contributed by atoms with Crippen LogP contribution in [0.25, 0.3) is 0 Å². The van der Waals surface area contributed by atoms with Crippen molar-refractivity contribution in [1.82, 2.24) is 15.5 Å². The quantitative estimate of drug-likeness (QED) is 0.792. The summed E-state index contributed by atoms with van der Waals surface area (Å²) in [5, 5.41) is 6.56. The van der Waals surface area contributed by atoms with Crippen LogP contribution in [0.4, 0.5) is 0 Å². The number of carbonyl (C=O) groups is 1. The standard InChI is InChI=1S/C14H27N3O/c1-11(2)17-9-5-12(6-10-17)16-13(18)14(3)7-4-8-15-14/h11-12,15H,4-10H2,1-3H3,(H,16,18). The number of hydrogen-bond acceptors (Lipinski definition) is 3. The van der Waals surface area contributed by atoms with Gasteiger partial charge in [0.25, 0.3) is 0 Å². The number of likely N-dealkylation sites (tertiary alicyclic amines) is 1. The molecule has 4 nitrogen and oxygen atoms in total. The van der Waals surface area contributed by atoms with Crippen molar-refractivity contribution in [2.45, 2.75) is 64.1 Å². The molecular weight excluding hydrogens is 226 g/mol. The van der Waals surface area contributed by atoms with Crippen molar-refractivity contribution in [3.8, 4) is 0 Å². The Kier molecular flexibility index (Phi) is 4.28. The van der Waals surface area contributed by atoms with Crippen molar-refractivity contribution in [1.29, 1.82) is 0 Å². The van der Waals surface area contributed by atoms with Crippen LogP contribution in [0.5, 0.6) is 0 Å². The van der Waals surface area contributed by atoms with Crippen LogP contribution >= 0.6 is 0 Å². The summed E-state index contributed by atoms with van der Waals surface area (Å²) in [5.41, 5.74) is -0.324. The number of carbonyl (C=O) groups excluding carboxylic acids is 1. The van der Waals surface area contributed by atoms with Gasteiger partial charge < -0.3 is 15.5 Å². The summed E-state index contributed by atoms with van der Waals surface area (Å²) in [7, 11) is 0. The normalized spacial score (nSPS) is 30.9. The Balaban J connectivity index is 1.79. The summed E-state index contributed by atoms with van der Waals surface area (Å²) in [5.74, 6) is 0.197. The number of rotatable bonds is 3. The number of piperidine rings is 1. The SMILES string of the molecule is CC(C)N1CCC(NC(=O)C2(C)CCCN2)CC1. The molecule has 18 heavy (non-hydrogen) atoms. The van der Waals surface area contributed by atoms with E-state index in [-0.39, 0.29) is 11.4 Å². The molecule has 2 aliphatic rings. The van der Waals surface area contributed by atoms with Crippen LogP contribution < -0.4 is 10.6 Å². The van der Waals surface area contributed by atoms with Crippen molar-refractivity contribution >= 4 is 5.91 Å². The lowest BCUT2D eigenvalue weighted by Crippen LogP contribution is -2.55. The van der Waals surface area contributed by atoms with Gasteiger partial charge in [-0.05, 0) is 53.0 Å². The van der Waals surface area contributed by atoms with E-state index >= 15 is 0 Å². The van der Waals surface area contributed by atoms with Gasteiger partial charge in [0, 0.05) is 25.2 Å². The first-order valence-corrected chi connectivity index (χ1v) is 7.31. The van der Waals surface area contributed by atoms with Crippen LogP contribution in [0, 0.1) is 0 Å². The van der Waals surface area contributed by atoms with Crippen LogP contribution in [0.3, 0.4) is 0 Å². The zero-order valence-corrected chi connectivity index (χ0v) is 12.0. The van der Waals surface area contributed by atoms with Crippen molar-refractivity contribution in [3.63, 3.8) is 0 Å². The Morgan fingerprint density at radius 2 is 2.06 bits per heavy atom. The van der Waals surface area contributed by atoms with E-state index < -0.39 is 0 Å². The highest BCUT2D eigenvalue weighted by Crippen LogP contribution is 2.20. The second kappa shape index (κ2) is 5.57. The van der Waals surface area contributed by atoms with E-state index in [0.717, 1.165) is 45.3 Å². The summed E-state index contributed by atoms with van der Waals surface area (Å²) in [6.07, 6.45) is 4.24. The summed E-state index contributed by atoms with van der Waals surface area (Å²) in [4.78, 5) is 14.7. The third-order valence-electron chi connectivity index (χ3n) is 4.46. The molecule has 0 aromatic rings. The molecule has 104 valence electrons. The van der Waals surface area contributed by atoms with E-state index in [1.165, 1.54) is 0 Å². The second-order valence-corrected chi connectivity index (χ2v) is 6.24. The Hall–Kier alpha value is -0.610. The molecule has 0 aromatic heterocycles. The van der Waals surface area contributed by atoms with Crippen molar-refractivity contribution < 1.29 is 4.79 Å². The average molecular weight is 253 g/mol. The van der Waals surface area contributed by atoms with E-state index in [4.69, 9.17) is 0 Å². The van der Waals surface area contributed by atoms with Crippen LogP contribution in [0.15, 0.2) is 0 Å². The largest absolute Gasteiger partial charge is 0.352 e. The van der Waals surface area contributed by atoms with E-state index in [9.17, 15) is 4.79 Å². The fraction of sp³-hybridized carbons (Fsp3) is 0.929. The number of nitrogens with one attached hydrogen (secondary N) is 2. The number of hydrogen-bond donors (Lipinski definition) is 2. The van der Waals surface area contributed by atoms with Crippen molar-refractivity contribution in [2.24, 2.45) is 0 Å². The van der Waals surface area contributed by atoms with Gasteiger partial charge in [-0.15, -0.1) is 0 Å². The first-order valence-electron chi connectivity index (χ1n) is 7.31. The molecule has 0 spiro atoms. The molecule has 1 unspecified atom stereocenters. The van der Waals surface area contributed by atoms with Crippen LogP contribution in [-0.4, -0.2) is 48.1 Å². The Morgan fingerprint density at radius 1 is 1.39 bits per heavy atom. The first-order chi connectivity index (χ1) is 8.51. The van der Waals surface area contributed by atoms with E-state index in [1.807, 2.05) is 6.92 Å².